The van der Waals surface area contributed by atoms with Crippen molar-refractivity contribution in [1.82, 2.24) is 30.3 Å². The Morgan fingerprint density at radius 3 is 2.72 bits per heavy atom. The van der Waals surface area contributed by atoms with Crippen molar-refractivity contribution >= 4 is 40.0 Å². The van der Waals surface area contributed by atoms with Crippen molar-refractivity contribution in [3.8, 4) is 22.5 Å². The fourth-order valence-electron chi connectivity index (χ4n) is 7.74. The molecule has 0 saturated heterocycles. The van der Waals surface area contributed by atoms with E-state index in [2.05, 4.69) is 46.5 Å². The molecule has 3 aromatic heterocycles. The molecule has 53 heavy (non-hydrogen) atoms. The normalized spacial score (nSPS) is 25.0. The summed E-state index contributed by atoms with van der Waals surface area (Å²) in [6, 6.07) is 8.07. The van der Waals surface area contributed by atoms with Gasteiger partial charge in [0.15, 0.2) is 0 Å². The Kier molecular flexibility index (Phi) is 10.0. The first-order valence-corrected chi connectivity index (χ1v) is 19.2. The molecule has 0 spiro atoms. The number of benzene rings is 1. The van der Waals surface area contributed by atoms with E-state index in [-0.39, 0.29) is 42.8 Å². The highest BCUT2D eigenvalue weighted by atomic mass is 32.1. The Labute approximate surface area is 312 Å². The second-order valence-corrected chi connectivity index (χ2v) is 16.3. The minimum absolute atomic E-state index is 0.0333. The molecule has 1 aromatic carbocycles. The monoisotopic (exact) mass is 742 g/mol. The second kappa shape index (κ2) is 14.4. The maximum atomic E-state index is 15.2. The molecule has 4 aromatic rings. The van der Waals surface area contributed by atoms with Crippen LogP contribution >= 0.6 is 11.3 Å². The number of thiazole rings is 1. The number of hydrogen-bond acceptors (Lipinski definition) is 9. The predicted molar refractivity (Wildman–Crippen MR) is 201 cm³/mol. The second-order valence-electron chi connectivity index (χ2n) is 15.3. The molecule has 13 heteroatoms. The highest BCUT2D eigenvalue weighted by molar-refractivity contribution is 7.10. The number of aromatic nitrogens is 3. The number of rotatable bonds is 6. The zero-order valence-corrected chi connectivity index (χ0v) is 32.1. The van der Waals surface area contributed by atoms with Crippen LogP contribution in [0.25, 0.3) is 33.4 Å². The number of carbonyl (C=O) groups is 3. The van der Waals surface area contributed by atoms with Gasteiger partial charge in [-0.2, -0.15) is 0 Å². The zero-order chi connectivity index (χ0) is 37.8. The van der Waals surface area contributed by atoms with Crippen molar-refractivity contribution in [2.75, 3.05) is 20.3 Å². The molecule has 3 aliphatic rings. The molecule has 7 rings (SSSR count). The van der Waals surface area contributed by atoms with Crippen molar-refractivity contribution in [3.63, 3.8) is 0 Å². The summed E-state index contributed by atoms with van der Waals surface area (Å²) >= 11 is 1.40. The third-order valence-electron chi connectivity index (χ3n) is 11.0. The van der Waals surface area contributed by atoms with Crippen molar-refractivity contribution in [2.24, 2.45) is 23.2 Å². The third-order valence-corrected chi connectivity index (χ3v) is 11.9. The number of halogens is 1. The van der Waals surface area contributed by atoms with Gasteiger partial charge in [0.1, 0.15) is 17.9 Å². The van der Waals surface area contributed by atoms with Gasteiger partial charge in [-0.15, -0.1) is 11.3 Å². The molecule has 1 saturated carbocycles. The summed E-state index contributed by atoms with van der Waals surface area (Å²) in [5.41, 5.74) is 8.87. The van der Waals surface area contributed by atoms with Gasteiger partial charge in [0.05, 0.1) is 41.3 Å². The zero-order valence-electron chi connectivity index (χ0n) is 31.2. The number of hydrogen-bond donors (Lipinski definition) is 2. The van der Waals surface area contributed by atoms with Crippen LogP contribution in [-0.2, 0) is 43.2 Å². The van der Waals surface area contributed by atoms with Crippen LogP contribution in [0.1, 0.15) is 63.9 Å². The third kappa shape index (κ3) is 7.14. The van der Waals surface area contributed by atoms with Gasteiger partial charge in [-0.25, -0.2) is 19.6 Å². The predicted octanol–water partition coefficient (Wildman–Crippen LogP) is 6.18. The molecule has 1 unspecified atom stereocenters. The summed E-state index contributed by atoms with van der Waals surface area (Å²) in [5.74, 6) is -1.95. The minimum Gasteiger partial charge on any atom is -0.464 e. The molecule has 2 aliphatic heterocycles. The Morgan fingerprint density at radius 1 is 1.23 bits per heavy atom. The lowest BCUT2D eigenvalue weighted by Crippen LogP contribution is -2.60. The van der Waals surface area contributed by atoms with E-state index in [9.17, 15) is 14.4 Å². The number of aryl methyl sites for hydroxylation is 1. The quantitative estimate of drug-likeness (QED) is 0.225. The van der Waals surface area contributed by atoms with Gasteiger partial charge in [-0.1, -0.05) is 33.8 Å². The summed E-state index contributed by atoms with van der Waals surface area (Å²) in [7, 11) is 1.67. The van der Waals surface area contributed by atoms with E-state index in [0.29, 0.717) is 18.0 Å². The van der Waals surface area contributed by atoms with Crippen LogP contribution in [0.4, 0.5) is 4.39 Å². The largest absolute Gasteiger partial charge is 0.464 e. The van der Waals surface area contributed by atoms with E-state index in [1.807, 2.05) is 46.1 Å². The smallest absolute Gasteiger partial charge is 0.329 e. The first-order valence-electron chi connectivity index (χ1n) is 18.3. The number of fused-ring (bicyclic) bond motifs is 6. The first-order chi connectivity index (χ1) is 25.3. The number of hydrazine groups is 1. The summed E-state index contributed by atoms with van der Waals surface area (Å²) in [4.78, 5) is 50.6. The maximum Gasteiger partial charge on any atom is 0.329 e. The lowest BCUT2D eigenvalue weighted by atomic mass is 9.84. The number of methoxy groups -OCH3 is 1. The van der Waals surface area contributed by atoms with E-state index in [0.717, 1.165) is 55.8 Å². The van der Waals surface area contributed by atoms with E-state index in [4.69, 9.17) is 19.4 Å². The van der Waals surface area contributed by atoms with Crippen molar-refractivity contribution in [3.05, 3.63) is 70.1 Å². The van der Waals surface area contributed by atoms with Crippen LogP contribution in [-0.4, -0.2) is 69.7 Å². The maximum absolute atomic E-state index is 15.2. The Bertz CT molecular complexity index is 2100. The van der Waals surface area contributed by atoms with Gasteiger partial charge in [0.25, 0.3) is 5.91 Å². The van der Waals surface area contributed by atoms with Gasteiger partial charge < -0.3 is 19.4 Å². The van der Waals surface area contributed by atoms with Crippen LogP contribution in [0, 0.1) is 23.2 Å². The standard InChI is InChI=1S/C40H47FN6O5S/c1-8-46-32-12-11-24-14-27(32)28(36(46)26-10-9-13-42-35(26)23(4)51-7)17-40(5,6)20-52-39(50)30-15-25(41)18-47(45-30)38(49)29(16-33-43-31(24)19-53-33)44-37(48)34-21(2)22(34)3/h9-15,19,21-23,29-30,34,45H,8,16-18,20H2,1-7H3,(H,44,48)/t21-,22+,23-,29-,30-,34?/m0/s1. The van der Waals surface area contributed by atoms with Gasteiger partial charge >= 0.3 is 5.97 Å². The number of pyridine rings is 1. The number of ether oxygens (including phenoxy) is 2. The lowest BCUT2D eigenvalue weighted by Gasteiger charge is -2.33. The number of nitrogens with zero attached hydrogens (tertiary/aromatic N) is 4. The Balaban J connectivity index is 1.36. The van der Waals surface area contributed by atoms with Crippen LogP contribution < -0.4 is 10.7 Å². The topological polar surface area (TPSA) is 128 Å². The molecular formula is C40H47FN6O5S. The van der Waals surface area contributed by atoms with Gasteiger partial charge in [0.2, 0.25) is 5.91 Å². The molecule has 5 heterocycles. The molecule has 1 aliphatic carbocycles. The van der Waals surface area contributed by atoms with Gasteiger partial charge in [-0.3, -0.25) is 19.6 Å². The molecule has 280 valence electrons. The first kappa shape index (κ1) is 36.9. The van der Waals surface area contributed by atoms with Crippen LogP contribution in [0.3, 0.4) is 0 Å². The average Bonchev–Trinajstić information content (AvgIpc) is 3.42. The summed E-state index contributed by atoms with van der Waals surface area (Å²) < 4.78 is 29.1. The van der Waals surface area contributed by atoms with E-state index >= 15 is 4.39 Å². The lowest BCUT2D eigenvalue weighted by molar-refractivity contribution is -0.152. The SMILES string of the molecule is CCn1c(-c2cccnc2[C@H](C)OC)c2c3cc(ccc31)-c1csc(n1)C[C@H](NC(=O)C1[C@@H](C)[C@H]1C)C(=O)N1CC(F)=C[C@H](N1)C(=O)OCC(C)(C)C2. The van der Waals surface area contributed by atoms with Crippen molar-refractivity contribution < 1.29 is 28.2 Å². The van der Waals surface area contributed by atoms with E-state index in [1.165, 1.54) is 11.3 Å². The van der Waals surface area contributed by atoms with Crippen molar-refractivity contribution in [2.45, 2.75) is 79.1 Å². The number of carbonyl (C=O) groups excluding carboxylic acids is 3. The number of amides is 2. The molecule has 6 bridgehead atoms. The molecule has 6 atom stereocenters. The molecule has 2 amide bonds. The fraction of sp³-hybridized carbons (Fsp3) is 0.475. The average molecular weight is 743 g/mol. The molecule has 1 fully saturated rings. The van der Waals surface area contributed by atoms with Crippen LogP contribution in [0.15, 0.2) is 53.8 Å². The summed E-state index contributed by atoms with van der Waals surface area (Å²) in [5, 5.41) is 7.65. The fourth-order valence-corrected chi connectivity index (χ4v) is 8.59. The highest BCUT2D eigenvalue weighted by Crippen LogP contribution is 2.46. The number of nitrogens with one attached hydrogen (secondary N) is 2. The molecule has 2 N–H and O–H groups in total. The van der Waals surface area contributed by atoms with Gasteiger partial charge in [-0.05, 0) is 68.0 Å². The minimum atomic E-state index is -1.23. The number of esters is 1. The number of cyclic esters (lactones) is 1. The van der Waals surface area contributed by atoms with Crippen LogP contribution in [0.2, 0.25) is 0 Å². The van der Waals surface area contributed by atoms with Gasteiger partial charge in [0, 0.05) is 65.0 Å². The Hall–Kier alpha value is -4.46. The van der Waals surface area contributed by atoms with E-state index in [1.54, 1.807) is 13.3 Å². The van der Waals surface area contributed by atoms with Crippen LogP contribution in [0.5, 0.6) is 0 Å². The highest BCUT2D eigenvalue weighted by Gasteiger charge is 2.49. The Morgan fingerprint density at radius 2 is 2.00 bits per heavy atom. The summed E-state index contributed by atoms with van der Waals surface area (Å²) in [6.07, 6.45) is 3.29. The molecular weight excluding hydrogens is 696 g/mol. The molecule has 11 nitrogen and oxygen atoms in total. The summed E-state index contributed by atoms with van der Waals surface area (Å²) in [6.45, 7) is 12.5. The van der Waals surface area contributed by atoms with Crippen molar-refractivity contribution in [1.29, 1.82) is 0 Å². The molecule has 0 radical (unpaired) electrons. The van der Waals surface area contributed by atoms with E-state index < -0.39 is 41.7 Å².